The zero-order valence-electron chi connectivity index (χ0n) is 30.9. The van der Waals surface area contributed by atoms with Gasteiger partial charge in [0.1, 0.15) is 6.04 Å². The van der Waals surface area contributed by atoms with Gasteiger partial charge in [0.25, 0.3) is 11.8 Å². The van der Waals surface area contributed by atoms with Crippen molar-refractivity contribution >= 4 is 68.8 Å². The summed E-state index contributed by atoms with van der Waals surface area (Å²) in [6.45, 7) is 19.3. The number of amides is 4. The van der Waals surface area contributed by atoms with Gasteiger partial charge in [0.2, 0.25) is 17.5 Å². The van der Waals surface area contributed by atoms with Crippen LogP contribution < -0.4 is 20.0 Å². The number of nitrogens with one attached hydrogen (secondary N) is 1. The van der Waals surface area contributed by atoms with Gasteiger partial charge in [0.05, 0.1) is 17.7 Å². The first kappa shape index (κ1) is 36.1. The molecule has 15 heteroatoms. The van der Waals surface area contributed by atoms with Gasteiger partial charge in [0.15, 0.2) is 5.13 Å². The first-order valence-corrected chi connectivity index (χ1v) is 20.5. The lowest BCUT2D eigenvalue weighted by molar-refractivity contribution is -0.136. The van der Waals surface area contributed by atoms with Gasteiger partial charge in [-0.2, -0.15) is 0 Å². The number of anilines is 3. The molecule has 1 N–H and O–H groups in total. The first-order valence-electron chi connectivity index (χ1n) is 19.3. The Bertz CT molecular complexity index is 2100. The predicted octanol–water partition coefficient (Wildman–Crippen LogP) is 4.64. The SMILES string of the molecule is [C-]#[N+]c1ccc(N2CC3(CCN(c4ncc(CN5CCN(C6CN(c7ccc8c(c7)C(=O)N(C7CCC(=O)NC7=O)C8=O)C6)CC5)s4)CC3)C[C@@H]2C)cc1Cl. The van der Waals surface area contributed by atoms with Crippen LogP contribution in [0.15, 0.2) is 42.6 Å². The molecule has 4 amide bonds. The van der Waals surface area contributed by atoms with Crippen LogP contribution in [0, 0.1) is 12.0 Å². The summed E-state index contributed by atoms with van der Waals surface area (Å²) >= 11 is 8.22. The second-order valence-corrected chi connectivity index (χ2v) is 17.6. The van der Waals surface area contributed by atoms with Gasteiger partial charge in [0, 0.05) is 111 Å². The number of nitrogens with zero attached hydrogens (tertiary/aromatic N) is 8. The van der Waals surface area contributed by atoms with Crippen LogP contribution in [0.3, 0.4) is 0 Å². The molecule has 13 nitrogen and oxygen atoms in total. The average molecular weight is 782 g/mol. The highest BCUT2D eigenvalue weighted by molar-refractivity contribution is 7.15. The second kappa shape index (κ2) is 14.2. The van der Waals surface area contributed by atoms with E-state index < -0.39 is 23.8 Å². The van der Waals surface area contributed by atoms with E-state index in [9.17, 15) is 19.2 Å². The lowest BCUT2D eigenvalue weighted by Crippen LogP contribution is -2.63. The van der Waals surface area contributed by atoms with Crippen molar-refractivity contribution in [2.24, 2.45) is 5.41 Å². The van der Waals surface area contributed by atoms with Crippen molar-refractivity contribution in [2.75, 3.05) is 73.6 Å². The van der Waals surface area contributed by atoms with Gasteiger partial charge in [-0.1, -0.05) is 17.7 Å². The maximum atomic E-state index is 13.3. The van der Waals surface area contributed by atoms with Gasteiger partial charge in [-0.05, 0) is 68.4 Å². The largest absolute Gasteiger partial charge is 0.368 e. The van der Waals surface area contributed by atoms with E-state index in [-0.39, 0.29) is 18.7 Å². The second-order valence-electron chi connectivity index (χ2n) is 16.1. The quantitative estimate of drug-likeness (QED) is 0.269. The Morgan fingerprint density at radius 3 is 2.42 bits per heavy atom. The van der Waals surface area contributed by atoms with E-state index in [4.69, 9.17) is 23.2 Å². The van der Waals surface area contributed by atoms with Crippen LogP contribution in [-0.2, 0) is 16.1 Å². The van der Waals surface area contributed by atoms with Crippen LogP contribution >= 0.6 is 22.9 Å². The number of fused-ring (bicyclic) bond motifs is 1. The van der Waals surface area contributed by atoms with Gasteiger partial charge in [-0.15, -0.1) is 11.3 Å². The third-order valence-corrected chi connectivity index (χ3v) is 14.1. The molecule has 1 unspecified atom stereocenters. The number of piperazine rings is 1. The summed E-state index contributed by atoms with van der Waals surface area (Å²) in [6.07, 6.45) is 5.77. The molecule has 5 fully saturated rings. The lowest BCUT2D eigenvalue weighted by Gasteiger charge is -2.49. The van der Waals surface area contributed by atoms with Gasteiger partial charge in [-0.3, -0.25) is 39.2 Å². The van der Waals surface area contributed by atoms with Crippen molar-refractivity contribution in [1.82, 2.24) is 25.0 Å². The Morgan fingerprint density at radius 2 is 1.69 bits per heavy atom. The fourth-order valence-electron chi connectivity index (χ4n) is 9.54. The molecular formula is C40H44ClN9O4S. The monoisotopic (exact) mass is 781 g/mol. The number of halogens is 1. The Labute approximate surface area is 329 Å². The predicted molar refractivity (Wildman–Crippen MR) is 211 cm³/mol. The fraction of sp³-hybridized carbons (Fsp3) is 0.500. The summed E-state index contributed by atoms with van der Waals surface area (Å²) in [5.74, 6) is -1.93. The van der Waals surface area contributed by atoms with Crippen LogP contribution in [0.1, 0.15) is 64.6 Å². The molecule has 1 spiro atoms. The number of benzene rings is 2. The Kier molecular flexibility index (Phi) is 9.32. The summed E-state index contributed by atoms with van der Waals surface area (Å²) in [5.41, 5.74) is 3.44. The lowest BCUT2D eigenvalue weighted by atomic mass is 9.77. The van der Waals surface area contributed by atoms with Crippen LogP contribution in [0.5, 0.6) is 0 Å². The zero-order chi connectivity index (χ0) is 38.0. The van der Waals surface area contributed by atoms with E-state index >= 15 is 0 Å². The number of aromatic nitrogens is 1. The van der Waals surface area contributed by atoms with Gasteiger partial charge in [-0.25, -0.2) is 9.83 Å². The summed E-state index contributed by atoms with van der Waals surface area (Å²) in [5, 5.41) is 3.91. The normalized spacial score (nSPS) is 24.7. The standard InChI is InChI=1S/C40H44ClN9O4S/c1-25-19-40(24-49(25)27-4-6-33(42-2)32(41)18-27)9-11-47(12-10-40)39-43-20-29(55-39)23-45-13-15-46(16-14-45)28-21-48(22-28)26-3-5-30-31(17-26)38(54)50(37(30)53)34-7-8-35(51)44-36(34)52/h3-6,17-18,20,25,28,34H,7-16,19,21-24H2,1H3,(H,44,51,52)/t25-,34?/m0/s1. The molecule has 5 saturated heterocycles. The molecule has 7 heterocycles. The van der Waals surface area contributed by atoms with Crippen LogP contribution in [-0.4, -0.2) is 120 Å². The molecule has 286 valence electrons. The van der Waals surface area contributed by atoms with Crippen molar-refractivity contribution in [1.29, 1.82) is 0 Å². The van der Waals surface area contributed by atoms with E-state index in [2.05, 4.69) is 47.8 Å². The molecule has 3 aromatic rings. The Balaban J connectivity index is 0.731. The van der Waals surface area contributed by atoms with E-state index in [0.29, 0.717) is 39.3 Å². The van der Waals surface area contributed by atoms with Crippen molar-refractivity contribution in [3.05, 3.63) is 75.0 Å². The van der Waals surface area contributed by atoms with E-state index in [1.54, 1.807) is 12.1 Å². The molecule has 2 aromatic carbocycles. The molecule has 1 aromatic heterocycles. The number of carbonyl (C=O) groups excluding carboxylic acids is 4. The van der Waals surface area contributed by atoms with E-state index in [0.717, 1.165) is 99.7 Å². The third-order valence-electron chi connectivity index (χ3n) is 12.7. The van der Waals surface area contributed by atoms with Crippen molar-refractivity contribution in [3.8, 4) is 0 Å². The Morgan fingerprint density at radius 1 is 0.945 bits per heavy atom. The van der Waals surface area contributed by atoms with Crippen molar-refractivity contribution in [3.63, 3.8) is 0 Å². The highest BCUT2D eigenvalue weighted by Gasteiger charge is 2.46. The fourth-order valence-corrected chi connectivity index (χ4v) is 10.8. The summed E-state index contributed by atoms with van der Waals surface area (Å²) in [6, 6.07) is 11.1. The first-order chi connectivity index (χ1) is 26.6. The molecule has 0 radical (unpaired) electrons. The topological polar surface area (TPSA) is 117 Å². The van der Waals surface area contributed by atoms with Crippen molar-refractivity contribution < 1.29 is 19.2 Å². The number of hydrogen-bond acceptors (Lipinski definition) is 11. The smallest absolute Gasteiger partial charge is 0.262 e. The summed E-state index contributed by atoms with van der Waals surface area (Å²) in [4.78, 5) is 73.4. The molecule has 9 rings (SSSR count). The molecule has 0 bridgehead atoms. The number of carbonyl (C=O) groups is 4. The van der Waals surface area contributed by atoms with Crippen molar-refractivity contribution in [2.45, 2.75) is 63.7 Å². The van der Waals surface area contributed by atoms with Crippen LogP contribution in [0.2, 0.25) is 5.02 Å². The molecular weight excluding hydrogens is 738 g/mol. The minimum Gasteiger partial charge on any atom is -0.368 e. The van der Waals surface area contributed by atoms with Gasteiger partial charge >= 0.3 is 0 Å². The molecule has 55 heavy (non-hydrogen) atoms. The number of piperidine rings is 2. The number of thiazole rings is 1. The summed E-state index contributed by atoms with van der Waals surface area (Å²) in [7, 11) is 0. The number of hydrogen-bond donors (Lipinski definition) is 1. The minimum atomic E-state index is -0.959. The Hall–Kier alpha value is -4.55. The van der Waals surface area contributed by atoms with E-state index in [1.807, 2.05) is 35.6 Å². The number of rotatable bonds is 7. The number of imide groups is 2. The molecule has 0 aliphatic carbocycles. The summed E-state index contributed by atoms with van der Waals surface area (Å²) < 4.78 is 0. The molecule has 0 saturated carbocycles. The maximum absolute atomic E-state index is 13.3. The van der Waals surface area contributed by atoms with Crippen LogP contribution in [0.4, 0.5) is 22.2 Å². The molecule has 6 aliphatic rings. The zero-order valence-corrected chi connectivity index (χ0v) is 32.4. The third kappa shape index (κ3) is 6.64. The molecule has 2 atom stereocenters. The van der Waals surface area contributed by atoms with Gasteiger partial charge < -0.3 is 14.7 Å². The average Bonchev–Trinajstić information content (AvgIpc) is 3.82. The minimum absolute atomic E-state index is 0.103. The highest BCUT2D eigenvalue weighted by Crippen LogP contribution is 2.46. The van der Waals surface area contributed by atoms with Crippen LogP contribution in [0.25, 0.3) is 4.85 Å². The highest BCUT2D eigenvalue weighted by atomic mass is 35.5. The van der Waals surface area contributed by atoms with E-state index in [1.165, 1.54) is 11.3 Å². The maximum Gasteiger partial charge on any atom is 0.262 e. The molecule has 6 aliphatic heterocycles.